The molecule has 0 unspecified atom stereocenters. The van der Waals surface area contributed by atoms with Gasteiger partial charge in [0, 0.05) is 31.4 Å². The first-order valence-corrected chi connectivity index (χ1v) is 10.5. The van der Waals surface area contributed by atoms with E-state index in [1.165, 1.54) is 11.0 Å². The number of nitrogens with zero attached hydrogens (tertiary/aromatic N) is 5. The minimum atomic E-state index is -0.732. The Bertz CT molecular complexity index is 1020. The fourth-order valence-electron chi connectivity index (χ4n) is 3.20. The Morgan fingerprint density at radius 3 is 2.43 bits per heavy atom. The topological polar surface area (TPSA) is 54.3 Å². The zero-order chi connectivity index (χ0) is 21.1. The van der Waals surface area contributed by atoms with Crippen LogP contribution in [0.15, 0.2) is 18.2 Å². The Kier molecular flexibility index (Phi) is 8.28. The fourth-order valence-corrected chi connectivity index (χ4v) is 4.23. The van der Waals surface area contributed by atoms with Crippen molar-refractivity contribution in [2.24, 2.45) is 0 Å². The highest BCUT2D eigenvalue weighted by Crippen LogP contribution is 2.32. The number of carbonyl (C=O) groups is 1. The van der Waals surface area contributed by atoms with Crippen molar-refractivity contribution < 1.29 is 13.6 Å². The number of aromatic nitrogens is 3. The lowest BCUT2D eigenvalue weighted by molar-refractivity contribution is 0.0978. The van der Waals surface area contributed by atoms with E-state index < -0.39 is 11.6 Å². The molecule has 0 aliphatic rings. The molecule has 0 aliphatic heterocycles. The molecule has 2 aromatic heterocycles. The van der Waals surface area contributed by atoms with Crippen LogP contribution in [0.5, 0.6) is 0 Å². The summed E-state index contributed by atoms with van der Waals surface area (Å²) in [6, 6.07) is 3.78. The number of rotatable bonds is 8. The Morgan fingerprint density at radius 2 is 1.83 bits per heavy atom. The standard InChI is InChI=1S/C20H25F2N5OS.ClH/c1-5-25(6-2)8-9-26(19(28)16-10-13(4)27(7-3)24-16)20-23-18-15(22)11-14(21)12-17(18)29-20;/h10-12H,5-9H2,1-4H3;1H. The van der Waals surface area contributed by atoms with Crippen molar-refractivity contribution in [3.8, 4) is 0 Å². The van der Waals surface area contributed by atoms with Crippen LogP contribution in [0.4, 0.5) is 13.9 Å². The summed E-state index contributed by atoms with van der Waals surface area (Å²) in [6.45, 7) is 11.3. The molecule has 0 saturated heterocycles. The van der Waals surface area contributed by atoms with Crippen molar-refractivity contribution in [2.45, 2.75) is 34.2 Å². The molecule has 0 radical (unpaired) electrons. The first kappa shape index (κ1) is 24.2. The molecule has 1 amide bonds. The van der Waals surface area contributed by atoms with Crippen LogP contribution in [0, 0.1) is 18.6 Å². The third-order valence-corrected chi connectivity index (χ3v) is 5.94. The zero-order valence-corrected chi connectivity index (χ0v) is 19.1. The highest BCUT2D eigenvalue weighted by atomic mass is 35.5. The van der Waals surface area contributed by atoms with Gasteiger partial charge in [0.2, 0.25) is 0 Å². The third kappa shape index (κ3) is 4.96. The largest absolute Gasteiger partial charge is 0.302 e. The lowest BCUT2D eigenvalue weighted by Gasteiger charge is -2.24. The second-order valence-electron chi connectivity index (χ2n) is 6.70. The summed E-state index contributed by atoms with van der Waals surface area (Å²) in [4.78, 5) is 21.3. The predicted molar refractivity (Wildman–Crippen MR) is 119 cm³/mol. The summed E-state index contributed by atoms with van der Waals surface area (Å²) in [5, 5.41) is 4.72. The molecule has 6 nitrogen and oxygen atoms in total. The summed E-state index contributed by atoms with van der Waals surface area (Å²) in [5.41, 5.74) is 1.27. The number of benzene rings is 1. The number of thiazole rings is 1. The van der Waals surface area contributed by atoms with E-state index in [0.717, 1.165) is 36.2 Å². The molecule has 0 saturated carbocycles. The quantitative estimate of drug-likeness (QED) is 0.499. The van der Waals surface area contributed by atoms with Gasteiger partial charge in [-0.1, -0.05) is 25.2 Å². The van der Waals surface area contributed by atoms with Gasteiger partial charge in [0.1, 0.15) is 11.3 Å². The van der Waals surface area contributed by atoms with Crippen LogP contribution in [0.1, 0.15) is 37.0 Å². The molecule has 3 aromatic rings. The Balaban J connectivity index is 0.00000320. The predicted octanol–water partition coefficient (Wildman–Crippen LogP) is 4.51. The van der Waals surface area contributed by atoms with Crippen molar-refractivity contribution in [3.63, 3.8) is 0 Å². The van der Waals surface area contributed by atoms with Crippen LogP contribution >= 0.6 is 23.7 Å². The van der Waals surface area contributed by atoms with Crippen LogP contribution in [0.2, 0.25) is 0 Å². The summed E-state index contributed by atoms with van der Waals surface area (Å²) in [7, 11) is 0. The van der Waals surface area contributed by atoms with Gasteiger partial charge in [0.05, 0.1) is 4.70 Å². The van der Waals surface area contributed by atoms with E-state index in [-0.39, 0.29) is 23.8 Å². The molecular weight excluding hydrogens is 432 g/mol. The third-order valence-electron chi connectivity index (χ3n) is 4.91. The van der Waals surface area contributed by atoms with E-state index in [1.807, 2.05) is 13.8 Å². The number of aryl methyl sites for hydroxylation is 2. The maximum absolute atomic E-state index is 14.1. The van der Waals surface area contributed by atoms with Crippen LogP contribution in [0.3, 0.4) is 0 Å². The molecule has 30 heavy (non-hydrogen) atoms. The van der Waals surface area contributed by atoms with Gasteiger partial charge in [-0.25, -0.2) is 13.8 Å². The van der Waals surface area contributed by atoms with Crippen LogP contribution in [0.25, 0.3) is 10.2 Å². The minimum Gasteiger partial charge on any atom is -0.302 e. The van der Waals surface area contributed by atoms with E-state index in [4.69, 9.17) is 0 Å². The summed E-state index contributed by atoms with van der Waals surface area (Å²) in [5.74, 6) is -1.69. The van der Waals surface area contributed by atoms with Crippen LogP contribution in [-0.4, -0.2) is 51.8 Å². The molecule has 164 valence electrons. The van der Waals surface area contributed by atoms with Gasteiger partial charge in [-0.3, -0.25) is 14.4 Å². The number of amides is 1. The number of hydrogen-bond donors (Lipinski definition) is 0. The molecular formula is C20H26ClF2N5OS. The average molecular weight is 458 g/mol. The van der Waals surface area contributed by atoms with Crippen molar-refractivity contribution in [2.75, 3.05) is 31.1 Å². The van der Waals surface area contributed by atoms with E-state index in [1.54, 1.807) is 10.7 Å². The van der Waals surface area contributed by atoms with Crippen molar-refractivity contribution in [3.05, 3.63) is 41.2 Å². The minimum absolute atomic E-state index is 0. The highest BCUT2D eigenvalue weighted by molar-refractivity contribution is 7.22. The normalized spacial score (nSPS) is 11.2. The molecule has 0 N–H and O–H groups in total. The maximum atomic E-state index is 14.1. The molecule has 1 aromatic carbocycles. The van der Waals surface area contributed by atoms with Crippen molar-refractivity contribution >= 4 is 45.0 Å². The maximum Gasteiger partial charge on any atom is 0.280 e. The average Bonchev–Trinajstić information content (AvgIpc) is 3.28. The van der Waals surface area contributed by atoms with Crippen LogP contribution < -0.4 is 4.90 Å². The van der Waals surface area contributed by atoms with E-state index in [2.05, 4.69) is 28.8 Å². The SMILES string of the molecule is CCN(CC)CCN(C(=O)c1cc(C)n(CC)n1)c1nc2c(F)cc(F)cc2s1.Cl. The number of likely N-dealkylation sites (N-methyl/N-ethyl adjacent to an activating group) is 1. The molecule has 0 bridgehead atoms. The highest BCUT2D eigenvalue weighted by Gasteiger charge is 2.25. The number of anilines is 1. The lowest BCUT2D eigenvalue weighted by atomic mass is 10.3. The van der Waals surface area contributed by atoms with Gasteiger partial charge in [0.15, 0.2) is 16.6 Å². The summed E-state index contributed by atoms with van der Waals surface area (Å²) >= 11 is 1.10. The van der Waals surface area contributed by atoms with Gasteiger partial charge < -0.3 is 4.90 Å². The first-order chi connectivity index (χ1) is 13.9. The molecule has 0 aliphatic carbocycles. The lowest BCUT2D eigenvalue weighted by Crippen LogP contribution is -2.39. The van der Waals surface area contributed by atoms with Gasteiger partial charge >= 0.3 is 0 Å². The fraction of sp³-hybridized carbons (Fsp3) is 0.450. The monoisotopic (exact) mass is 457 g/mol. The van der Waals surface area contributed by atoms with Crippen molar-refractivity contribution in [1.29, 1.82) is 0 Å². The number of halogens is 3. The smallest absolute Gasteiger partial charge is 0.280 e. The van der Waals surface area contributed by atoms with Gasteiger partial charge in [-0.2, -0.15) is 5.10 Å². The molecule has 0 spiro atoms. The first-order valence-electron chi connectivity index (χ1n) is 9.72. The number of hydrogen-bond acceptors (Lipinski definition) is 5. The Hall–Kier alpha value is -2.10. The van der Waals surface area contributed by atoms with Crippen molar-refractivity contribution in [1.82, 2.24) is 19.7 Å². The molecule has 0 atom stereocenters. The Morgan fingerprint density at radius 1 is 1.13 bits per heavy atom. The second-order valence-corrected chi connectivity index (χ2v) is 7.71. The van der Waals surface area contributed by atoms with E-state index in [9.17, 15) is 13.6 Å². The Labute approximate surface area is 184 Å². The molecule has 10 heteroatoms. The van der Waals surface area contributed by atoms with Gasteiger partial charge in [-0.15, -0.1) is 12.4 Å². The number of carbonyl (C=O) groups excluding carboxylic acids is 1. The number of fused-ring (bicyclic) bond motifs is 1. The van der Waals surface area contributed by atoms with E-state index >= 15 is 0 Å². The summed E-state index contributed by atoms with van der Waals surface area (Å²) < 4.78 is 29.9. The molecule has 3 rings (SSSR count). The summed E-state index contributed by atoms with van der Waals surface area (Å²) in [6.07, 6.45) is 0. The van der Waals surface area contributed by atoms with Gasteiger partial charge in [-0.05, 0) is 39.1 Å². The van der Waals surface area contributed by atoms with Crippen LogP contribution in [-0.2, 0) is 6.54 Å². The molecule has 0 fully saturated rings. The molecule has 2 heterocycles. The zero-order valence-electron chi connectivity index (χ0n) is 17.5. The van der Waals surface area contributed by atoms with E-state index in [0.29, 0.717) is 35.2 Å². The second kappa shape index (κ2) is 10.3. The van der Waals surface area contributed by atoms with Gasteiger partial charge in [0.25, 0.3) is 5.91 Å².